The standard InChI is InChI=1S/Cu.Ge.In.Zn. The van der Waals surface area contributed by atoms with Crippen LogP contribution >= 0.6 is 0 Å². The van der Waals surface area contributed by atoms with E-state index in [-0.39, 0.29) is 80.0 Å². The van der Waals surface area contributed by atoms with E-state index >= 15 is 0 Å². The molecule has 0 aromatic rings. The molecule has 4 heteroatoms. The van der Waals surface area contributed by atoms with Crippen molar-refractivity contribution in [3.8, 4) is 0 Å². The van der Waals surface area contributed by atoms with Crippen molar-refractivity contribution >= 4 is 43.4 Å². The van der Waals surface area contributed by atoms with E-state index in [0.717, 1.165) is 0 Å². The molecule has 0 nitrogen and oxygen atoms in total. The fourth-order valence-electron chi connectivity index (χ4n) is 0. The smallest absolute Gasteiger partial charge is 0 e. The predicted octanol–water partition coefficient (Wildman–Crippen LogP) is -0.767. The molecule has 0 fully saturated rings. The first-order valence-corrected chi connectivity index (χ1v) is 0. The Morgan fingerprint density at radius 3 is 1.00 bits per heavy atom. The zero-order valence-electron chi connectivity index (χ0n) is 2.09. The van der Waals surface area contributed by atoms with Gasteiger partial charge in [0.15, 0.2) is 0 Å². The van der Waals surface area contributed by atoms with Crippen LogP contribution in [0.3, 0.4) is 0 Å². The van der Waals surface area contributed by atoms with Crippen LogP contribution in [-0.2, 0) is 36.5 Å². The summed E-state index contributed by atoms with van der Waals surface area (Å²) in [5.74, 6) is 0. The van der Waals surface area contributed by atoms with E-state index in [9.17, 15) is 0 Å². The van der Waals surface area contributed by atoms with Crippen LogP contribution in [-0.4, -0.2) is 43.4 Å². The molecule has 0 spiro atoms. The van der Waals surface area contributed by atoms with E-state index in [4.69, 9.17) is 0 Å². The van der Waals surface area contributed by atoms with Crippen molar-refractivity contribution in [2.75, 3.05) is 0 Å². The van der Waals surface area contributed by atoms with E-state index in [1.165, 1.54) is 0 Å². The summed E-state index contributed by atoms with van der Waals surface area (Å²) in [6.45, 7) is 0. The van der Waals surface area contributed by atoms with Gasteiger partial charge in [-0.1, -0.05) is 0 Å². The second kappa shape index (κ2) is 17.7. The van der Waals surface area contributed by atoms with Gasteiger partial charge in [-0.25, -0.2) is 0 Å². The first-order valence-electron chi connectivity index (χ1n) is 0. The zero-order chi connectivity index (χ0) is 0. The Labute approximate surface area is 78.9 Å². The zero-order valence-corrected chi connectivity index (χ0v) is 11.4. The Hall–Kier alpha value is 2.56. The third-order valence-corrected chi connectivity index (χ3v) is 0. The van der Waals surface area contributed by atoms with Crippen molar-refractivity contribution in [3.05, 3.63) is 0 Å². The Bertz CT molecular complexity index is 8.00. The minimum atomic E-state index is 0. The van der Waals surface area contributed by atoms with Crippen molar-refractivity contribution < 1.29 is 36.5 Å². The van der Waals surface area contributed by atoms with E-state index in [0.29, 0.717) is 0 Å². The average molecular weight is 316 g/mol. The Morgan fingerprint density at radius 2 is 1.00 bits per heavy atom. The third kappa shape index (κ3) is 8.82. The summed E-state index contributed by atoms with van der Waals surface area (Å²) in [4.78, 5) is 0. The first kappa shape index (κ1) is 31.0. The average Bonchev–Trinajstić information content (AvgIpc) is 0. The molecule has 0 saturated heterocycles. The molecule has 0 aliphatic rings. The van der Waals surface area contributed by atoms with Gasteiger partial charge < -0.3 is 0 Å². The van der Waals surface area contributed by atoms with Crippen molar-refractivity contribution in [2.24, 2.45) is 0 Å². The Balaban J connectivity index is 0. The van der Waals surface area contributed by atoms with Crippen LogP contribution in [0.25, 0.3) is 0 Å². The van der Waals surface area contributed by atoms with Crippen molar-refractivity contribution in [2.45, 2.75) is 0 Å². The van der Waals surface area contributed by atoms with Crippen LogP contribution in [0, 0.1) is 0 Å². The molecule has 0 aliphatic heterocycles. The minimum absolute atomic E-state index is 0. The molecule has 0 N–H and O–H groups in total. The fourth-order valence-corrected chi connectivity index (χ4v) is 0. The summed E-state index contributed by atoms with van der Waals surface area (Å²) in [6, 6.07) is 0. The van der Waals surface area contributed by atoms with Gasteiger partial charge >= 0.3 is 0 Å². The molecule has 0 aromatic heterocycles. The second-order valence-electron chi connectivity index (χ2n) is 0. The first-order chi connectivity index (χ1) is 0. The van der Waals surface area contributed by atoms with Gasteiger partial charge in [0.25, 0.3) is 0 Å². The molecule has 8 radical (unpaired) electrons. The summed E-state index contributed by atoms with van der Waals surface area (Å²) >= 11 is 0. The summed E-state index contributed by atoms with van der Waals surface area (Å²) in [5.41, 5.74) is 0. The van der Waals surface area contributed by atoms with Gasteiger partial charge in [0, 0.05) is 80.0 Å². The number of rotatable bonds is 0. The van der Waals surface area contributed by atoms with Crippen molar-refractivity contribution in [3.63, 3.8) is 0 Å². The van der Waals surface area contributed by atoms with E-state index in [1.54, 1.807) is 0 Å². The molecular weight excluding hydrogens is 316 g/mol. The van der Waals surface area contributed by atoms with Gasteiger partial charge in [-0.3, -0.25) is 0 Å². The van der Waals surface area contributed by atoms with Crippen LogP contribution in [0.5, 0.6) is 0 Å². The molecule has 0 heterocycles. The van der Waals surface area contributed by atoms with Gasteiger partial charge in [0.1, 0.15) is 0 Å². The number of hydrogen-bond donors (Lipinski definition) is 0. The Morgan fingerprint density at radius 1 is 1.00 bits per heavy atom. The van der Waals surface area contributed by atoms with E-state index < -0.39 is 0 Å². The van der Waals surface area contributed by atoms with Crippen molar-refractivity contribution in [1.29, 1.82) is 0 Å². The monoisotopic (exact) mass is 316 g/mol. The summed E-state index contributed by atoms with van der Waals surface area (Å²) in [7, 11) is 0. The maximum atomic E-state index is 0. The predicted molar refractivity (Wildman–Crippen MR) is 11.5 cm³/mol. The fraction of sp³-hybridized carbons (Fsp3) is 0. The van der Waals surface area contributed by atoms with E-state index in [1.807, 2.05) is 0 Å². The summed E-state index contributed by atoms with van der Waals surface area (Å²) in [5, 5.41) is 0. The summed E-state index contributed by atoms with van der Waals surface area (Å²) in [6.07, 6.45) is 0. The number of hydrogen-bond acceptors (Lipinski definition) is 0. The molecule has 0 aliphatic carbocycles. The minimum Gasteiger partial charge on any atom is 0 e. The molecule has 0 aromatic carbocycles. The van der Waals surface area contributed by atoms with Gasteiger partial charge in [0.05, 0.1) is 0 Å². The maximum absolute atomic E-state index is 0. The van der Waals surface area contributed by atoms with Crippen LogP contribution < -0.4 is 0 Å². The molecule has 0 saturated carbocycles. The molecule has 0 amide bonds. The molecular formula is CuGeInZn. The molecule has 20 valence electrons. The van der Waals surface area contributed by atoms with E-state index in [2.05, 4.69) is 0 Å². The SMILES string of the molecule is [Cu].[Ge].[In].[Zn]. The van der Waals surface area contributed by atoms with Crippen LogP contribution in [0.2, 0.25) is 0 Å². The van der Waals surface area contributed by atoms with Crippen LogP contribution in [0.1, 0.15) is 0 Å². The molecule has 0 unspecified atom stereocenters. The van der Waals surface area contributed by atoms with Crippen molar-refractivity contribution in [1.82, 2.24) is 0 Å². The molecule has 0 rings (SSSR count). The second-order valence-corrected chi connectivity index (χ2v) is 0. The Kier molecular flexibility index (Phi) is 137. The topological polar surface area (TPSA) is 0 Å². The van der Waals surface area contributed by atoms with Gasteiger partial charge in [0.2, 0.25) is 0 Å². The van der Waals surface area contributed by atoms with Gasteiger partial charge in [-0.05, 0) is 0 Å². The quantitative estimate of drug-likeness (QED) is 0.515. The summed E-state index contributed by atoms with van der Waals surface area (Å²) < 4.78 is 0. The third-order valence-electron chi connectivity index (χ3n) is 0. The van der Waals surface area contributed by atoms with Gasteiger partial charge in [-0.15, -0.1) is 0 Å². The normalized spacial score (nSPS) is 0. The maximum Gasteiger partial charge on any atom is 0 e. The van der Waals surface area contributed by atoms with Gasteiger partial charge in [-0.2, -0.15) is 0 Å². The van der Waals surface area contributed by atoms with Crippen LogP contribution in [0.15, 0.2) is 0 Å². The van der Waals surface area contributed by atoms with Crippen LogP contribution in [0.4, 0.5) is 0 Å². The molecule has 4 heavy (non-hydrogen) atoms. The molecule has 0 atom stereocenters. The largest absolute Gasteiger partial charge is 0 e. The molecule has 0 bridgehead atoms.